The zero-order valence-corrected chi connectivity index (χ0v) is 14.7. The number of carboxylic acids is 1. The fraction of sp³-hybridized carbons (Fsp3) is 0.118. The van der Waals surface area contributed by atoms with Crippen molar-refractivity contribution in [2.45, 2.75) is 16.6 Å². The molecule has 1 unspecified atom stereocenters. The summed E-state index contributed by atoms with van der Waals surface area (Å²) >= 11 is 1.14. The minimum absolute atomic E-state index is 0.00642. The van der Waals surface area contributed by atoms with Crippen molar-refractivity contribution in [3.05, 3.63) is 70.8 Å². The van der Waals surface area contributed by atoms with E-state index >= 15 is 0 Å². The summed E-state index contributed by atoms with van der Waals surface area (Å²) in [6.45, 7) is 0. The monoisotopic (exact) mass is 376 g/mol. The van der Waals surface area contributed by atoms with Crippen LogP contribution >= 0.6 is 11.8 Å². The lowest BCUT2D eigenvalue weighted by Crippen LogP contribution is -2.25. The van der Waals surface area contributed by atoms with Gasteiger partial charge in [0, 0.05) is 17.4 Å². The molecule has 1 aliphatic heterocycles. The Balaban J connectivity index is 1.90. The number of hydrogen-bond acceptors (Lipinski definition) is 5. The van der Waals surface area contributed by atoms with Crippen molar-refractivity contribution in [1.82, 2.24) is 4.72 Å². The van der Waals surface area contributed by atoms with Gasteiger partial charge >= 0.3 is 5.97 Å². The van der Waals surface area contributed by atoms with Gasteiger partial charge in [-0.15, -0.1) is 11.8 Å². The lowest BCUT2D eigenvalue weighted by molar-refractivity contribution is -0.131. The Morgan fingerprint density at radius 3 is 2.40 bits per heavy atom. The smallest absolute Gasteiger partial charge is 0.344 e. The highest BCUT2D eigenvalue weighted by atomic mass is 32.2. The number of sulfonamides is 1. The maximum atomic E-state index is 12.6. The third-order valence-corrected chi connectivity index (χ3v) is 6.60. The van der Waals surface area contributed by atoms with Crippen molar-refractivity contribution < 1.29 is 18.3 Å². The summed E-state index contributed by atoms with van der Waals surface area (Å²) in [5.74, 6) is -1.15. The summed E-state index contributed by atoms with van der Waals surface area (Å²) in [7, 11) is -3.96. The fourth-order valence-electron chi connectivity index (χ4n) is 2.60. The summed E-state index contributed by atoms with van der Waals surface area (Å²) in [4.78, 5) is 11.5. The molecule has 1 atom stereocenters. The van der Waals surface area contributed by atoms with E-state index in [9.17, 15) is 18.3 Å². The number of aliphatic carboxylic acids is 1. The largest absolute Gasteiger partial charge is 0.477 e. The van der Waals surface area contributed by atoms with Gasteiger partial charge in [0.25, 0.3) is 10.0 Å². The van der Waals surface area contributed by atoms with Crippen LogP contribution in [-0.4, -0.2) is 19.5 Å². The van der Waals surface area contributed by atoms with Crippen molar-refractivity contribution in [2.24, 2.45) is 0 Å². The molecular formula is C17H16N2O4S2. The SMILES string of the molecule is Nc1ccccc1S(=O)(=O)NC1=C(C(=O)O)SC(c2ccccc2)C1. The molecule has 2 aromatic rings. The number of para-hydroxylation sites is 1. The van der Waals surface area contributed by atoms with Crippen LogP contribution in [0.25, 0.3) is 0 Å². The van der Waals surface area contributed by atoms with Crippen LogP contribution in [0.4, 0.5) is 5.69 Å². The normalized spacial score (nSPS) is 17.5. The summed E-state index contributed by atoms with van der Waals surface area (Å²) in [5.41, 5.74) is 6.97. The van der Waals surface area contributed by atoms with Crippen molar-refractivity contribution in [3.8, 4) is 0 Å². The molecule has 1 aliphatic rings. The number of thioether (sulfide) groups is 1. The van der Waals surface area contributed by atoms with Gasteiger partial charge in [0.2, 0.25) is 0 Å². The number of nitrogens with two attached hydrogens (primary N) is 1. The lowest BCUT2D eigenvalue weighted by Gasteiger charge is -2.12. The van der Waals surface area contributed by atoms with Gasteiger partial charge < -0.3 is 10.8 Å². The van der Waals surface area contributed by atoms with Crippen molar-refractivity contribution in [1.29, 1.82) is 0 Å². The molecule has 0 aromatic heterocycles. The molecule has 6 nitrogen and oxygen atoms in total. The Bertz CT molecular complexity index is 940. The predicted molar refractivity (Wildman–Crippen MR) is 97.2 cm³/mol. The van der Waals surface area contributed by atoms with Gasteiger partial charge in [-0.25, -0.2) is 13.2 Å². The van der Waals surface area contributed by atoms with E-state index in [2.05, 4.69) is 4.72 Å². The summed E-state index contributed by atoms with van der Waals surface area (Å²) in [6.07, 6.45) is 0.280. The molecule has 1 heterocycles. The van der Waals surface area contributed by atoms with E-state index in [-0.39, 0.29) is 32.9 Å². The van der Waals surface area contributed by atoms with Crippen molar-refractivity contribution >= 4 is 33.4 Å². The van der Waals surface area contributed by atoms with Crippen LogP contribution in [0.3, 0.4) is 0 Å². The lowest BCUT2D eigenvalue weighted by atomic mass is 10.1. The minimum Gasteiger partial charge on any atom is -0.477 e. The average Bonchev–Trinajstić information content (AvgIpc) is 2.99. The molecule has 0 fully saturated rings. The minimum atomic E-state index is -3.96. The second-order valence-corrected chi connectivity index (χ2v) is 8.34. The van der Waals surface area contributed by atoms with E-state index in [4.69, 9.17) is 5.73 Å². The van der Waals surface area contributed by atoms with Crippen LogP contribution in [-0.2, 0) is 14.8 Å². The summed E-state index contributed by atoms with van der Waals surface area (Å²) in [6, 6.07) is 15.4. The first-order valence-corrected chi connectivity index (χ1v) is 9.80. The van der Waals surface area contributed by atoms with Crippen molar-refractivity contribution in [3.63, 3.8) is 0 Å². The molecule has 3 rings (SSSR count). The Morgan fingerprint density at radius 1 is 1.12 bits per heavy atom. The predicted octanol–water partition coefficient (Wildman–Crippen LogP) is 2.72. The Morgan fingerprint density at radius 2 is 1.76 bits per heavy atom. The molecule has 0 bridgehead atoms. The highest BCUT2D eigenvalue weighted by Gasteiger charge is 2.33. The maximum absolute atomic E-state index is 12.6. The fourth-order valence-corrected chi connectivity index (χ4v) is 5.12. The zero-order chi connectivity index (χ0) is 18.0. The Labute approximate surface area is 149 Å². The zero-order valence-electron chi connectivity index (χ0n) is 13.0. The van der Waals surface area contributed by atoms with Gasteiger partial charge in [-0.3, -0.25) is 4.72 Å². The van der Waals surface area contributed by atoms with E-state index in [1.807, 2.05) is 30.3 Å². The second kappa shape index (κ2) is 6.81. The third kappa shape index (κ3) is 3.64. The van der Waals surface area contributed by atoms with Crippen LogP contribution in [0, 0.1) is 0 Å². The number of hydrogen-bond donors (Lipinski definition) is 3. The molecule has 0 spiro atoms. The number of carboxylic acid groups (broad SMARTS) is 1. The van der Waals surface area contributed by atoms with Gasteiger partial charge in [-0.2, -0.15) is 0 Å². The average molecular weight is 376 g/mol. The Hall–Kier alpha value is -2.45. The number of benzene rings is 2. The van der Waals surface area contributed by atoms with Crippen LogP contribution in [0.15, 0.2) is 70.1 Å². The topological polar surface area (TPSA) is 109 Å². The number of rotatable bonds is 5. The second-order valence-electron chi connectivity index (χ2n) is 5.48. The van der Waals surface area contributed by atoms with Crippen LogP contribution < -0.4 is 10.5 Å². The van der Waals surface area contributed by atoms with Gasteiger partial charge in [0.1, 0.15) is 9.80 Å². The molecular weight excluding hydrogens is 360 g/mol. The highest BCUT2D eigenvalue weighted by molar-refractivity contribution is 8.04. The van der Waals surface area contributed by atoms with Crippen LogP contribution in [0.1, 0.15) is 17.2 Å². The molecule has 2 aromatic carbocycles. The molecule has 0 saturated carbocycles. The highest BCUT2D eigenvalue weighted by Crippen LogP contribution is 2.47. The quantitative estimate of drug-likeness (QED) is 0.692. The molecule has 25 heavy (non-hydrogen) atoms. The molecule has 8 heteroatoms. The Kier molecular flexibility index (Phi) is 4.73. The van der Waals surface area contributed by atoms with Crippen molar-refractivity contribution in [2.75, 3.05) is 5.73 Å². The first kappa shape index (κ1) is 17.4. The maximum Gasteiger partial charge on any atom is 0.344 e. The van der Waals surface area contributed by atoms with Crippen LogP contribution in [0.2, 0.25) is 0 Å². The molecule has 0 saturated heterocycles. The van der Waals surface area contributed by atoms with Gasteiger partial charge in [-0.1, -0.05) is 42.5 Å². The number of nitrogens with one attached hydrogen (secondary N) is 1. The number of nitrogen functional groups attached to an aromatic ring is 1. The van der Waals surface area contributed by atoms with Gasteiger partial charge in [-0.05, 0) is 17.7 Å². The molecule has 0 radical (unpaired) electrons. The first-order valence-electron chi connectivity index (χ1n) is 7.44. The number of anilines is 1. The van der Waals surface area contributed by atoms with Gasteiger partial charge in [0.15, 0.2) is 0 Å². The van der Waals surface area contributed by atoms with E-state index in [1.54, 1.807) is 12.1 Å². The summed E-state index contributed by atoms with van der Waals surface area (Å²) in [5, 5.41) is 9.28. The molecule has 4 N–H and O–H groups in total. The molecule has 130 valence electrons. The summed E-state index contributed by atoms with van der Waals surface area (Å²) < 4.78 is 27.6. The van der Waals surface area contributed by atoms with E-state index in [0.29, 0.717) is 0 Å². The van der Waals surface area contributed by atoms with Crippen LogP contribution in [0.5, 0.6) is 0 Å². The standard InChI is InChI=1S/C17H16N2O4S2/c18-12-8-4-5-9-15(12)25(22,23)19-13-10-14(24-16(13)17(20)21)11-6-2-1-3-7-11/h1-9,14,19H,10,18H2,(H,20,21). The molecule has 0 amide bonds. The third-order valence-electron chi connectivity index (χ3n) is 3.76. The van der Waals surface area contributed by atoms with E-state index in [1.165, 1.54) is 12.1 Å². The first-order chi connectivity index (χ1) is 11.9. The van der Waals surface area contributed by atoms with E-state index < -0.39 is 16.0 Å². The van der Waals surface area contributed by atoms with Gasteiger partial charge in [0.05, 0.1) is 5.69 Å². The van der Waals surface area contributed by atoms with E-state index in [0.717, 1.165) is 17.3 Å². The number of allylic oxidation sites excluding steroid dienone is 1. The number of carbonyl (C=O) groups is 1. The molecule has 0 aliphatic carbocycles.